The lowest BCUT2D eigenvalue weighted by Gasteiger charge is -2.19. The largest absolute Gasteiger partial charge is 0.380 e. The van der Waals surface area contributed by atoms with E-state index in [2.05, 4.69) is 20.0 Å². The molecule has 2 aromatic rings. The summed E-state index contributed by atoms with van der Waals surface area (Å²) < 4.78 is 10.9. The zero-order chi connectivity index (χ0) is 15.1. The van der Waals surface area contributed by atoms with Gasteiger partial charge in [0, 0.05) is 37.2 Å². The molecule has 1 aliphatic carbocycles. The van der Waals surface area contributed by atoms with Crippen molar-refractivity contribution >= 4 is 11.3 Å². The van der Waals surface area contributed by atoms with Gasteiger partial charge in [0.1, 0.15) is 0 Å². The van der Waals surface area contributed by atoms with Crippen LogP contribution < -0.4 is 0 Å². The van der Waals surface area contributed by atoms with Gasteiger partial charge in [-0.2, -0.15) is 4.98 Å². The van der Waals surface area contributed by atoms with Crippen LogP contribution in [-0.2, 0) is 11.3 Å². The summed E-state index contributed by atoms with van der Waals surface area (Å²) in [6.07, 6.45) is 5.73. The normalized spacial score (nSPS) is 25.9. The first kappa shape index (κ1) is 14.3. The lowest BCUT2D eigenvalue weighted by molar-refractivity contribution is 0.107. The van der Waals surface area contributed by atoms with Gasteiger partial charge in [-0.05, 0) is 26.2 Å². The molecular weight excluding hydrogens is 300 g/mol. The second-order valence-electron chi connectivity index (χ2n) is 6.16. The molecular formula is C15H20N4O2S. The standard InChI is InChI=1S/C15H20N4O2S/c1-9-17-14(21-18-9)13-5-11(20-2)7-19(13)8-12-6-16-15(22-12)10-3-4-10/h6,10-11,13H,3-5,7-8H2,1-2H3/t11-,13-/m1/s1. The average molecular weight is 320 g/mol. The topological polar surface area (TPSA) is 64.3 Å². The van der Waals surface area contributed by atoms with Crippen LogP contribution in [0.3, 0.4) is 0 Å². The SMILES string of the molecule is CO[C@@H]1C[C@H](c2nc(C)no2)N(Cc2cnc(C3CC3)s2)C1. The molecule has 6 nitrogen and oxygen atoms in total. The van der Waals surface area contributed by atoms with Gasteiger partial charge in [0.25, 0.3) is 0 Å². The maximum absolute atomic E-state index is 5.55. The van der Waals surface area contributed by atoms with E-state index in [9.17, 15) is 0 Å². The van der Waals surface area contributed by atoms with E-state index in [0.717, 1.165) is 25.4 Å². The molecule has 1 saturated carbocycles. The second-order valence-corrected chi connectivity index (χ2v) is 7.30. The molecule has 1 saturated heterocycles. The lowest BCUT2D eigenvalue weighted by atomic mass is 10.2. The van der Waals surface area contributed by atoms with Gasteiger partial charge in [-0.25, -0.2) is 4.98 Å². The van der Waals surface area contributed by atoms with E-state index in [4.69, 9.17) is 9.26 Å². The van der Waals surface area contributed by atoms with Crippen LogP contribution >= 0.6 is 11.3 Å². The summed E-state index contributed by atoms with van der Waals surface area (Å²) >= 11 is 1.84. The van der Waals surface area contributed by atoms with Gasteiger partial charge in [0.2, 0.25) is 5.89 Å². The molecule has 2 fully saturated rings. The van der Waals surface area contributed by atoms with Gasteiger partial charge < -0.3 is 9.26 Å². The van der Waals surface area contributed by atoms with Crippen LogP contribution in [0.1, 0.15) is 52.8 Å². The Bertz CT molecular complexity index is 652. The highest BCUT2D eigenvalue weighted by molar-refractivity contribution is 7.11. The molecule has 0 spiro atoms. The summed E-state index contributed by atoms with van der Waals surface area (Å²) in [4.78, 5) is 12.7. The van der Waals surface area contributed by atoms with Gasteiger partial charge in [-0.1, -0.05) is 5.16 Å². The summed E-state index contributed by atoms with van der Waals surface area (Å²) in [6.45, 7) is 3.61. The van der Waals surface area contributed by atoms with E-state index < -0.39 is 0 Å². The number of thiazole rings is 1. The minimum absolute atomic E-state index is 0.137. The van der Waals surface area contributed by atoms with Crippen LogP contribution in [0.2, 0.25) is 0 Å². The second kappa shape index (κ2) is 5.72. The van der Waals surface area contributed by atoms with E-state index in [-0.39, 0.29) is 12.1 Å². The molecule has 1 aliphatic heterocycles. The van der Waals surface area contributed by atoms with Gasteiger partial charge >= 0.3 is 0 Å². The number of aromatic nitrogens is 3. The van der Waals surface area contributed by atoms with Gasteiger partial charge in [0.05, 0.1) is 17.2 Å². The third kappa shape index (κ3) is 2.80. The van der Waals surface area contributed by atoms with Crippen LogP contribution in [0.4, 0.5) is 0 Å². The smallest absolute Gasteiger partial charge is 0.244 e. The molecule has 22 heavy (non-hydrogen) atoms. The molecule has 2 atom stereocenters. The Kier molecular flexibility index (Phi) is 3.71. The van der Waals surface area contributed by atoms with Crippen molar-refractivity contribution in [2.75, 3.05) is 13.7 Å². The molecule has 118 valence electrons. The Balaban J connectivity index is 1.51. The Morgan fingerprint density at radius 1 is 1.45 bits per heavy atom. The minimum atomic E-state index is 0.137. The van der Waals surface area contributed by atoms with Gasteiger partial charge in [0.15, 0.2) is 5.82 Å². The van der Waals surface area contributed by atoms with E-state index in [0.29, 0.717) is 11.7 Å². The van der Waals surface area contributed by atoms with Crippen LogP contribution in [0.5, 0.6) is 0 Å². The molecule has 4 rings (SSSR count). The first-order chi connectivity index (χ1) is 10.7. The first-order valence-electron chi connectivity index (χ1n) is 7.74. The maximum Gasteiger partial charge on any atom is 0.244 e. The van der Waals surface area contributed by atoms with Crippen molar-refractivity contribution in [1.82, 2.24) is 20.0 Å². The molecule has 2 aromatic heterocycles. The Morgan fingerprint density at radius 2 is 2.32 bits per heavy atom. The number of hydrogen-bond acceptors (Lipinski definition) is 7. The molecule has 2 aliphatic rings. The molecule has 0 radical (unpaired) electrons. The maximum atomic E-state index is 5.55. The molecule has 7 heteroatoms. The van der Waals surface area contributed by atoms with Crippen molar-refractivity contribution in [1.29, 1.82) is 0 Å². The fourth-order valence-corrected chi connectivity index (χ4v) is 4.14. The molecule has 0 bridgehead atoms. The van der Waals surface area contributed by atoms with Crippen molar-refractivity contribution < 1.29 is 9.26 Å². The van der Waals surface area contributed by atoms with E-state index in [1.54, 1.807) is 7.11 Å². The third-order valence-corrected chi connectivity index (χ3v) is 5.53. The van der Waals surface area contributed by atoms with E-state index in [1.165, 1.54) is 22.7 Å². The Labute approximate surface area is 133 Å². The summed E-state index contributed by atoms with van der Waals surface area (Å²) in [5.74, 6) is 2.10. The summed E-state index contributed by atoms with van der Waals surface area (Å²) in [6, 6.07) is 0.137. The highest BCUT2D eigenvalue weighted by Gasteiger charge is 2.37. The van der Waals surface area contributed by atoms with Crippen LogP contribution in [0.25, 0.3) is 0 Å². The fraction of sp³-hybridized carbons (Fsp3) is 0.667. The highest BCUT2D eigenvalue weighted by Crippen LogP contribution is 2.42. The van der Waals surface area contributed by atoms with Crippen LogP contribution in [0.15, 0.2) is 10.7 Å². The summed E-state index contributed by atoms with van der Waals surface area (Å²) in [5.41, 5.74) is 0. The number of methoxy groups -OCH3 is 1. The van der Waals surface area contributed by atoms with E-state index in [1.807, 2.05) is 24.5 Å². The molecule has 0 N–H and O–H groups in total. The predicted octanol–water partition coefficient (Wildman–Crippen LogP) is 2.67. The molecule has 0 aromatic carbocycles. The average Bonchev–Trinajstić information content (AvgIpc) is 2.94. The van der Waals surface area contributed by atoms with Crippen molar-refractivity contribution in [2.24, 2.45) is 0 Å². The quantitative estimate of drug-likeness (QED) is 0.844. The fourth-order valence-electron chi connectivity index (χ4n) is 3.03. The molecule has 3 heterocycles. The van der Waals surface area contributed by atoms with Crippen molar-refractivity contribution in [2.45, 2.75) is 50.8 Å². The third-order valence-electron chi connectivity index (χ3n) is 4.38. The van der Waals surface area contributed by atoms with Crippen molar-refractivity contribution in [3.63, 3.8) is 0 Å². The van der Waals surface area contributed by atoms with Gasteiger partial charge in [-0.3, -0.25) is 4.90 Å². The summed E-state index contributed by atoms with van der Waals surface area (Å²) in [5, 5.41) is 5.22. The zero-order valence-corrected chi connectivity index (χ0v) is 13.7. The minimum Gasteiger partial charge on any atom is -0.380 e. The zero-order valence-electron chi connectivity index (χ0n) is 12.9. The number of hydrogen-bond donors (Lipinski definition) is 0. The number of nitrogens with zero attached hydrogens (tertiary/aromatic N) is 4. The highest BCUT2D eigenvalue weighted by atomic mass is 32.1. The monoisotopic (exact) mass is 320 g/mol. The predicted molar refractivity (Wildman–Crippen MR) is 81.7 cm³/mol. The molecule has 0 unspecified atom stereocenters. The lowest BCUT2D eigenvalue weighted by Crippen LogP contribution is -2.24. The Hall–Kier alpha value is -1.31. The van der Waals surface area contributed by atoms with Crippen LogP contribution in [0, 0.1) is 6.92 Å². The number of aryl methyl sites for hydroxylation is 1. The van der Waals surface area contributed by atoms with Gasteiger partial charge in [-0.15, -0.1) is 11.3 Å². The number of likely N-dealkylation sites (tertiary alicyclic amines) is 1. The molecule has 0 amide bonds. The van der Waals surface area contributed by atoms with Crippen molar-refractivity contribution in [3.05, 3.63) is 27.8 Å². The first-order valence-corrected chi connectivity index (χ1v) is 8.56. The number of ether oxygens (including phenoxy) is 1. The summed E-state index contributed by atoms with van der Waals surface area (Å²) in [7, 11) is 1.77. The van der Waals surface area contributed by atoms with Crippen molar-refractivity contribution in [3.8, 4) is 0 Å². The Morgan fingerprint density at radius 3 is 3.00 bits per heavy atom. The van der Waals surface area contributed by atoms with E-state index >= 15 is 0 Å². The number of rotatable bonds is 5. The van der Waals surface area contributed by atoms with Crippen LogP contribution in [-0.4, -0.2) is 39.8 Å².